The van der Waals surface area contributed by atoms with E-state index in [0.717, 1.165) is 69.0 Å². The van der Waals surface area contributed by atoms with Crippen LogP contribution in [0.3, 0.4) is 0 Å². The Balaban J connectivity index is 1.40. The molecule has 3 rings (SSSR count). The van der Waals surface area contributed by atoms with Crippen molar-refractivity contribution in [3.8, 4) is 0 Å². The molecule has 0 unspecified atom stereocenters. The molecule has 0 atom stereocenters. The van der Waals surface area contributed by atoms with Gasteiger partial charge in [-0.3, -0.25) is 4.99 Å². The number of anilines is 2. The van der Waals surface area contributed by atoms with Gasteiger partial charge in [-0.05, 0) is 18.6 Å². The summed E-state index contributed by atoms with van der Waals surface area (Å²) in [5, 5.41) is 4.56. The standard InChI is InChI=1S/C20H31N7S/c1-4-18-23-20(28-24-18)27-15-13-26(14-16-27)19(21-2)22-11-8-12-25(3)17-9-6-5-7-10-17/h5-7,9-10H,4,8,11-16H2,1-3H3,(H,21,22). The average Bonchev–Trinajstić information content (AvgIpc) is 3.24. The molecule has 0 amide bonds. The van der Waals surface area contributed by atoms with Crippen molar-refractivity contribution in [2.75, 3.05) is 63.2 Å². The lowest BCUT2D eigenvalue weighted by molar-refractivity contribution is 0.372. The van der Waals surface area contributed by atoms with E-state index in [1.165, 1.54) is 17.2 Å². The molecule has 1 aromatic heterocycles. The minimum Gasteiger partial charge on any atom is -0.375 e. The monoisotopic (exact) mass is 401 g/mol. The Morgan fingerprint density at radius 3 is 2.61 bits per heavy atom. The van der Waals surface area contributed by atoms with Gasteiger partial charge < -0.3 is 20.0 Å². The highest BCUT2D eigenvalue weighted by molar-refractivity contribution is 7.09. The van der Waals surface area contributed by atoms with Crippen molar-refractivity contribution >= 4 is 28.3 Å². The Kier molecular flexibility index (Phi) is 7.47. The summed E-state index contributed by atoms with van der Waals surface area (Å²) in [5.74, 6) is 1.94. The number of aryl methyl sites for hydroxylation is 1. The highest BCUT2D eigenvalue weighted by atomic mass is 32.1. The van der Waals surface area contributed by atoms with E-state index in [4.69, 9.17) is 0 Å². The number of para-hydroxylation sites is 1. The van der Waals surface area contributed by atoms with Gasteiger partial charge in [0.25, 0.3) is 0 Å². The molecule has 28 heavy (non-hydrogen) atoms. The summed E-state index contributed by atoms with van der Waals surface area (Å²) in [4.78, 5) is 16.0. The fourth-order valence-corrected chi connectivity index (χ4v) is 4.09. The molecule has 1 saturated heterocycles. The van der Waals surface area contributed by atoms with Crippen LogP contribution in [0.15, 0.2) is 35.3 Å². The van der Waals surface area contributed by atoms with Crippen molar-refractivity contribution < 1.29 is 0 Å². The zero-order valence-electron chi connectivity index (χ0n) is 17.1. The number of guanidine groups is 1. The minimum absolute atomic E-state index is 0.895. The summed E-state index contributed by atoms with van der Waals surface area (Å²) in [6.45, 7) is 7.83. The van der Waals surface area contributed by atoms with Gasteiger partial charge in [0.2, 0.25) is 5.13 Å². The molecule has 0 aliphatic carbocycles. The number of piperazine rings is 1. The van der Waals surface area contributed by atoms with Crippen molar-refractivity contribution in [1.82, 2.24) is 19.6 Å². The minimum atomic E-state index is 0.895. The molecule has 2 heterocycles. The van der Waals surface area contributed by atoms with Gasteiger partial charge in [-0.2, -0.15) is 4.37 Å². The number of aliphatic imine (C=N–C) groups is 1. The molecule has 1 fully saturated rings. The van der Waals surface area contributed by atoms with Gasteiger partial charge in [-0.15, -0.1) is 0 Å². The maximum absolute atomic E-state index is 4.61. The van der Waals surface area contributed by atoms with E-state index in [-0.39, 0.29) is 0 Å². The Hall–Kier alpha value is -2.35. The number of hydrogen-bond acceptors (Lipinski definition) is 6. The number of benzene rings is 1. The molecule has 7 nitrogen and oxygen atoms in total. The topological polar surface area (TPSA) is 59.9 Å². The Bertz CT molecular complexity index is 738. The van der Waals surface area contributed by atoms with E-state index in [1.807, 2.05) is 7.05 Å². The zero-order valence-corrected chi connectivity index (χ0v) is 18.0. The van der Waals surface area contributed by atoms with Crippen molar-refractivity contribution in [3.63, 3.8) is 0 Å². The predicted octanol–water partition coefficient (Wildman–Crippen LogP) is 2.32. The fourth-order valence-electron chi connectivity index (χ4n) is 3.29. The van der Waals surface area contributed by atoms with Crippen LogP contribution in [0.25, 0.3) is 0 Å². The lowest BCUT2D eigenvalue weighted by Gasteiger charge is -2.36. The van der Waals surface area contributed by atoms with Crippen LogP contribution in [0.2, 0.25) is 0 Å². The predicted molar refractivity (Wildman–Crippen MR) is 119 cm³/mol. The van der Waals surface area contributed by atoms with Crippen LogP contribution in [0.5, 0.6) is 0 Å². The molecule has 2 aromatic rings. The van der Waals surface area contributed by atoms with E-state index >= 15 is 0 Å². The second kappa shape index (κ2) is 10.3. The third-order valence-electron chi connectivity index (χ3n) is 4.99. The van der Waals surface area contributed by atoms with Crippen molar-refractivity contribution in [2.24, 2.45) is 4.99 Å². The molecule has 152 valence electrons. The summed E-state index contributed by atoms with van der Waals surface area (Å²) in [5.41, 5.74) is 1.26. The third kappa shape index (κ3) is 5.34. The van der Waals surface area contributed by atoms with Crippen LogP contribution in [0.1, 0.15) is 19.2 Å². The molecule has 0 saturated carbocycles. The van der Waals surface area contributed by atoms with Gasteiger partial charge in [0.05, 0.1) is 0 Å². The van der Waals surface area contributed by atoms with Crippen LogP contribution >= 0.6 is 11.5 Å². The smallest absolute Gasteiger partial charge is 0.205 e. The fraction of sp³-hybridized carbons (Fsp3) is 0.550. The van der Waals surface area contributed by atoms with Gasteiger partial charge in [-0.1, -0.05) is 25.1 Å². The van der Waals surface area contributed by atoms with Gasteiger partial charge in [0.1, 0.15) is 5.82 Å². The number of nitrogens with one attached hydrogen (secondary N) is 1. The molecule has 1 aromatic carbocycles. The molecule has 1 aliphatic heterocycles. The summed E-state index contributed by atoms with van der Waals surface area (Å²) in [7, 11) is 4.00. The lowest BCUT2D eigenvalue weighted by atomic mass is 10.3. The maximum atomic E-state index is 4.61. The van der Waals surface area contributed by atoms with E-state index in [1.54, 1.807) is 0 Å². The Morgan fingerprint density at radius 1 is 1.21 bits per heavy atom. The highest BCUT2D eigenvalue weighted by Crippen LogP contribution is 2.19. The first-order valence-corrected chi connectivity index (χ1v) is 10.8. The summed E-state index contributed by atoms with van der Waals surface area (Å²) >= 11 is 1.51. The quantitative estimate of drug-likeness (QED) is 0.437. The van der Waals surface area contributed by atoms with E-state index in [9.17, 15) is 0 Å². The van der Waals surface area contributed by atoms with Gasteiger partial charge in [-0.25, -0.2) is 4.98 Å². The molecular weight excluding hydrogens is 370 g/mol. The first-order valence-electron chi connectivity index (χ1n) is 10.0. The lowest BCUT2D eigenvalue weighted by Crippen LogP contribution is -2.52. The second-order valence-corrected chi connectivity index (χ2v) is 7.64. The van der Waals surface area contributed by atoms with Gasteiger partial charge in [0, 0.05) is 77.0 Å². The Morgan fingerprint density at radius 2 is 1.96 bits per heavy atom. The first kappa shape index (κ1) is 20.4. The molecular formula is C20H31N7S. The average molecular weight is 402 g/mol. The van der Waals surface area contributed by atoms with Crippen LogP contribution in [-0.2, 0) is 6.42 Å². The molecule has 1 N–H and O–H groups in total. The number of aromatic nitrogens is 2. The largest absolute Gasteiger partial charge is 0.375 e. The van der Waals surface area contributed by atoms with Crippen molar-refractivity contribution in [3.05, 3.63) is 36.2 Å². The summed E-state index contributed by atoms with van der Waals surface area (Å²) in [6, 6.07) is 10.5. The SMILES string of the molecule is CCc1nsc(N2CCN(C(=NC)NCCCN(C)c3ccccc3)CC2)n1. The number of nitrogens with zero attached hydrogens (tertiary/aromatic N) is 6. The van der Waals surface area contributed by atoms with Gasteiger partial charge >= 0.3 is 0 Å². The van der Waals surface area contributed by atoms with Gasteiger partial charge in [0.15, 0.2) is 5.96 Å². The van der Waals surface area contributed by atoms with Crippen molar-refractivity contribution in [1.29, 1.82) is 0 Å². The first-order chi connectivity index (χ1) is 13.7. The molecule has 0 radical (unpaired) electrons. The van der Waals surface area contributed by atoms with E-state index < -0.39 is 0 Å². The molecule has 8 heteroatoms. The molecule has 0 spiro atoms. The third-order valence-corrected chi connectivity index (χ3v) is 5.80. The Labute approximate surface area is 172 Å². The molecule has 0 bridgehead atoms. The maximum Gasteiger partial charge on any atom is 0.205 e. The van der Waals surface area contributed by atoms with Crippen LogP contribution in [0.4, 0.5) is 10.8 Å². The molecule has 1 aliphatic rings. The zero-order chi connectivity index (χ0) is 19.8. The van der Waals surface area contributed by atoms with E-state index in [2.05, 4.69) is 78.7 Å². The van der Waals surface area contributed by atoms with Crippen molar-refractivity contribution in [2.45, 2.75) is 19.8 Å². The highest BCUT2D eigenvalue weighted by Gasteiger charge is 2.21. The van der Waals surface area contributed by atoms with Crippen LogP contribution in [0, 0.1) is 0 Å². The second-order valence-electron chi connectivity index (χ2n) is 6.91. The summed E-state index contributed by atoms with van der Waals surface area (Å²) < 4.78 is 4.40. The van der Waals surface area contributed by atoms with Crippen LogP contribution in [-0.4, -0.2) is 73.6 Å². The normalized spacial score (nSPS) is 15.0. The summed E-state index contributed by atoms with van der Waals surface area (Å²) in [6.07, 6.45) is 1.96. The van der Waals surface area contributed by atoms with Crippen LogP contribution < -0.4 is 15.1 Å². The number of hydrogen-bond donors (Lipinski definition) is 1. The van der Waals surface area contributed by atoms with E-state index in [0.29, 0.717) is 0 Å². The number of rotatable bonds is 7.